The second-order valence-electron chi connectivity index (χ2n) is 7.00. The first-order chi connectivity index (χ1) is 13.3. The van der Waals surface area contributed by atoms with E-state index in [1.54, 1.807) is 16.7 Å². The van der Waals surface area contributed by atoms with Gasteiger partial charge < -0.3 is 15.0 Å². The number of benzene rings is 1. The smallest absolute Gasteiger partial charge is 0.330 e. The number of nitrogens with zero attached hydrogens (tertiary/aromatic N) is 1. The average Bonchev–Trinajstić information content (AvgIpc) is 3.16. The van der Waals surface area contributed by atoms with Crippen molar-refractivity contribution >= 4 is 35.6 Å². The SMILES string of the molecule is C[C@@H](OC(=O)[C@H]1CS[C@@]2(C)CCC(=O)N12)C(=O)NC(=O)NCc1ccccc1. The van der Waals surface area contributed by atoms with Crippen molar-refractivity contribution in [2.24, 2.45) is 0 Å². The Balaban J connectivity index is 1.48. The van der Waals surface area contributed by atoms with Gasteiger partial charge >= 0.3 is 12.0 Å². The molecule has 8 nitrogen and oxygen atoms in total. The zero-order chi connectivity index (χ0) is 20.3. The summed E-state index contributed by atoms with van der Waals surface area (Å²) in [6.45, 7) is 3.59. The summed E-state index contributed by atoms with van der Waals surface area (Å²) in [5.41, 5.74) is 0.890. The number of urea groups is 1. The molecule has 150 valence electrons. The Bertz CT molecular complexity index is 787. The van der Waals surface area contributed by atoms with Crippen molar-refractivity contribution in [3.05, 3.63) is 35.9 Å². The number of carbonyl (C=O) groups is 4. The maximum atomic E-state index is 12.5. The van der Waals surface area contributed by atoms with Crippen LogP contribution in [0.15, 0.2) is 30.3 Å². The molecule has 0 radical (unpaired) electrons. The standard InChI is InChI=1S/C19H23N3O5S/c1-12(16(24)21-18(26)20-10-13-6-4-3-5-7-13)27-17(25)14-11-28-19(2)9-8-15(23)22(14)19/h3-7,12,14H,8-11H2,1-2H3,(H2,20,21,24,26)/t12-,14-,19+/m1/s1. The Kier molecular flexibility index (Phi) is 5.93. The van der Waals surface area contributed by atoms with Crippen LogP contribution >= 0.6 is 11.8 Å². The highest BCUT2D eigenvalue weighted by atomic mass is 32.2. The van der Waals surface area contributed by atoms with Gasteiger partial charge in [-0.3, -0.25) is 14.9 Å². The van der Waals surface area contributed by atoms with Crippen molar-refractivity contribution in [1.29, 1.82) is 0 Å². The molecule has 0 aromatic heterocycles. The van der Waals surface area contributed by atoms with Gasteiger partial charge in [-0.1, -0.05) is 30.3 Å². The number of rotatable bonds is 5. The Morgan fingerprint density at radius 1 is 1.32 bits per heavy atom. The Morgan fingerprint density at radius 3 is 2.75 bits per heavy atom. The predicted octanol–water partition coefficient (Wildman–Crippen LogP) is 1.40. The van der Waals surface area contributed by atoms with Crippen molar-refractivity contribution in [2.75, 3.05) is 5.75 Å². The molecule has 0 saturated carbocycles. The van der Waals surface area contributed by atoms with Gasteiger partial charge in [0.25, 0.3) is 5.91 Å². The van der Waals surface area contributed by atoms with E-state index in [0.29, 0.717) is 18.6 Å². The van der Waals surface area contributed by atoms with E-state index in [2.05, 4.69) is 10.6 Å². The quantitative estimate of drug-likeness (QED) is 0.718. The molecule has 0 aliphatic carbocycles. The Morgan fingerprint density at radius 2 is 2.04 bits per heavy atom. The molecule has 9 heteroatoms. The second-order valence-corrected chi connectivity index (χ2v) is 8.50. The normalized spacial score (nSPS) is 24.4. The number of imide groups is 1. The molecular formula is C19H23N3O5S. The minimum absolute atomic E-state index is 0.0770. The molecule has 0 bridgehead atoms. The van der Waals surface area contributed by atoms with Crippen molar-refractivity contribution in [3.63, 3.8) is 0 Å². The van der Waals surface area contributed by atoms with Gasteiger partial charge in [-0.05, 0) is 25.8 Å². The summed E-state index contributed by atoms with van der Waals surface area (Å²) in [4.78, 5) is 49.8. The van der Waals surface area contributed by atoms with Crippen molar-refractivity contribution in [1.82, 2.24) is 15.5 Å². The number of thioether (sulfide) groups is 1. The van der Waals surface area contributed by atoms with Gasteiger partial charge in [0.2, 0.25) is 5.91 Å². The first-order valence-corrected chi connectivity index (χ1v) is 10.1. The number of fused-ring (bicyclic) bond motifs is 1. The van der Waals surface area contributed by atoms with E-state index in [-0.39, 0.29) is 17.3 Å². The summed E-state index contributed by atoms with van der Waals surface area (Å²) < 4.78 is 5.22. The van der Waals surface area contributed by atoms with Crippen LogP contribution in [0, 0.1) is 0 Å². The van der Waals surface area contributed by atoms with E-state index in [1.807, 2.05) is 37.3 Å². The topological polar surface area (TPSA) is 105 Å². The van der Waals surface area contributed by atoms with Crippen LogP contribution in [0.3, 0.4) is 0 Å². The summed E-state index contributed by atoms with van der Waals surface area (Å²) in [5, 5.41) is 4.72. The fourth-order valence-electron chi connectivity index (χ4n) is 3.34. The van der Waals surface area contributed by atoms with Gasteiger partial charge in [-0.25, -0.2) is 9.59 Å². The zero-order valence-electron chi connectivity index (χ0n) is 15.8. The van der Waals surface area contributed by atoms with Gasteiger partial charge in [0.05, 0.1) is 4.87 Å². The molecule has 2 fully saturated rings. The molecular weight excluding hydrogens is 382 g/mol. The summed E-state index contributed by atoms with van der Waals surface area (Å²) in [6, 6.07) is 7.88. The molecule has 2 saturated heterocycles. The third-order valence-corrected chi connectivity index (χ3v) is 6.42. The zero-order valence-corrected chi connectivity index (χ0v) is 16.6. The average molecular weight is 405 g/mol. The minimum atomic E-state index is -1.15. The number of amides is 4. The fourth-order valence-corrected chi connectivity index (χ4v) is 4.75. The highest BCUT2D eigenvalue weighted by Gasteiger charge is 2.53. The van der Waals surface area contributed by atoms with Crippen LogP contribution in [0.25, 0.3) is 0 Å². The molecule has 3 atom stereocenters. The van der Waals surface area contributed by atoms with Crippen LogP contribution in [-0.4, -0.2) is 51.5 Å². The highest BCUT2D eigenvalue weighted by Crippen LogP contribution is 2.47. The minimum Gasteiger partial charge on any atom is -0.451 e. The predicted molar refractivity (Wildman–Crippen MR) is 103 cm³/mol. The molecule has 0 spiro atoms. The highest BCUT2D eigenvalue weighted by molar-refractivity contribution is 8.01. The van der Waals surface area contributed by atoms with Gasteiger partial charge in [-0.15, -0.1) is 11.8 Å². The third kappa shape index (κ3) is 4.30. The van der Waals surface area contributed by atoms with Crippen molar-refractivity contribution in [2.45, 2.75) is 50.3 Å². The number of carbonyl (C=O) groups excluding carboxylic acids is 4. The summed E-state index contributed by atoms with van der Waals surface area (Å²) in [6.07, 6.45) is -0.0486. The van der Waals surface area contributed by atoms with Crippen LogP contribution in [0.1, 0.15) is 32.3 Å². The molecule has 4 amide bonds. The Hall–Kier alpha value is -2.55. The van der Waals surface area contributed by atoms with Crippen molar-refractivity contribution < 1.29 is 23.9 Å². The van der Waals surface area contributed by atoms with Crippen LogP contribution in [0.4, 0.5) is 4.79 Å². The molecule has 2 N–H and O–H groups in total. The Labute approximate surface area is 167 Å². The maximum absolute atomic E-state index is 12.5. The van der Waals surface area contributed by atoms with Crippen LogP contribution < -0.4 is 10.6 Å². The van der Waals surface area contributed by atoms with Crippen LogP contribution in [0.5, 0.6) is 0 Å². The van der Waals surface area contributed by atoms with Crippen molar-refractivity contribution in [3.8, 4) is 0 Å². The molecule has 3 rings (SSSR count). The molecule has 28 heavy (non-hydrogen) atoms. The summed E-state index contributed by atoms with van der Waals surface area (Å²) >= 11 is 1.55. The van der Waals surface area contributed by atoms with E-state index < -0.39 is 30.1 Å². The lowest BCUT2D eigenvalue weighted by Gasteiger charge is -2.29. The molecule has 2 aliphatic rings. The molecule has 1 aromatic carbocycles. The second kappa shape index (κ2) is 8.22. The molecule has 0 unspecified atom stereocenters. The first kappa shape index (κ1) is 20.2. The van der Waals surface area contributed by atoms with E-state index in [4.69, 9.17) is 4.74 Å². The maximum Gasteiger partial charge on any atom is 0.330 e. The fraction of sp³-hybridized carbons (Fsp3) is 0.474. The number of esters is 1. The van der Waals surface area contributed by atoms with E-state index in [0.717, 1.165) is 5.56 Å². The lowest BCUT2D eigenvalue weighted by molar-refractivity contribution is -0.161. The van der Waals surface area contributed by atoms with E-state index in [1.165, 1.54) is 6.92 Å². The van der Waals surface area contributed by atoms with Gasteiger partial charge in [0, 0.05) is 18.7 Å². The van der Waals surface area contributed by atoms with Gasteiger partial charge in [0.1, 0.15) is 6.04 Å². The number of nitrogens with one attached hydrogen (secondary N) is 2. The largest absolute Gasteiger partial charge is 0.451 e. The van der Waals surface area contributed by atoms with E-state index in [9.17, 15) is 19.2 Å². The summed E-state index contributed by atoms with van der Waals surface area (Å²) in [7, 11) is 0. The number of hydrogen-bond donors (Lipinski definition) is 2. The molecule has 2 heterocycles. The third-order valence-electron chi connectivity index (χ3n) is 4.91. The summed E-state index contributed by atoms with van der Waals surface area (Å²) in [5.74, 6) is -0.988. The first-order valence-electron chi connectivity index (χ1n) is 9.09. The number of hydrogen-bond acceptors (Lipinski definition) is 6. The lowest BCUT2D eigenvalue weighted by atomic mass is 10.2. The molecule has 2 aliphatic heterocycles. The number of ether oxygens (including phenoxy) is 1. The monoisotopic (exact) mass is 405 g/mol. The lowest BCUT2D eigenvalue weighted by Crippen LogP contribution is -2.49. The van der Waals surface area contributed by atoms with Gasteiger partial charge in [0.15, 0.2) is 6.10 Å². The molecule has 1 aromatic rings. The van der Waals surface area contributed by atoms with E-state index >= 15 is 0 Å². The van der Waals surface area contributed by atoms with Crippen LogP contribution in [0.2, 0.25) is 0 Å². The van der Waals surface area contributed by atoms with Gasteiger partial charge in [-0.2, -0.15) is 0 Å². The van der Waals surface area contributed by atoms with Crippen LogP contribution in [-0.2, 0) is 25.7 Å².